The van der Waals surface area contributed by atoms with E-state index in [9.17, 15) is 14.0 Å². The van der Waals surface area contributed by atoms with Crippen molar-refractivity contribution >= 4 is 28.9 Å². The number of carbonyl (C=O) groups is 2. The number of amides is 2. The average Bonchev–Trinajstić information content (AvgIpc) is 2.74. The number of nitrogens with zero attached hydrogens (tertiary/aromatic N) is 2. The van der Waals surface area contributed by atoms with Gasteiger partial charge in [0.15, 0.2) is 0 Å². The molecule has 2 heterocycles. The zero-order valence-electron chi connectivity index (χ0n) is 15.5. The Hall–Kier alpha value is -3.67. The fourth-order valence-corrected chi connectivity index (χ4v) is 4.15. The first kappa shape index (κ1) is 17.4. The molecule has 3 aromatic carbocycles. The largest absolute Gasteiger partial charge is 0.333 e. The standard InChI is InChI=1S/C23H18FN3O2/c24-16-12-10-15(11-13-16)23-26(17-6-2-1-3-7-17)21(28)14-20-22(29)25-18-8-4-5-9-19(18)27(20)23/h1-13,20,23H,14H2,(H,25,29)/t20-,23+/m1/s1. The van der Waals surface area contributed by atoms with Crippen LogP contribution in [-0.2, 0) is 9.59 Å². The molecule has 144 valence electrons. The third-order valence-corrected chi connectivity index (χ3v) is 5.43. The van der Waals surface area contributed by atoms with Crippen molar-refractivity contribution in [2.75, 3.05) is 15.1 Å². The van der Waals surface area contributed by atoms with Crippen LogP contribution in [-0.4, -0.2) is 17.9 Å². The van der Waals surface area contributed by atoms with Crippen LogP contribution in [0.5, 0.6) is 0 Å². The molecule has 2 aliphatic heterocycles. The van der Waals surface area contributed by atoms with Crippen molar-refractivity contribution in [3.05, 3.63) is 90.2 Å². The van der Waals surface area contributed by atoms with E-state index in [-0.39, 0.29) is 24.1 Å². The Labute approximate surface area is 167 Å². The molecule has 0 aliphatic carbocycles. The van der Waals surface area contributed by atoms with Crippen LogP contribution in [0.15, 0.2) is 78.9 Å². The monoisotopic (exact) mass is 387 g/mol. The van der Waals surface area contributed by atoms with Crippen LogP contribution in [0.1, 0.15) is 18.2 Å². The smallest absolute Gasteiger partial charge is 0.247 e. The van der Waals surface area contributed by atoms with E-state index in [4.69, 9.17) is 0 Å². The Balaban J connectivity index is 1.73. The number of anilines is 3. The highest BCUT2D eigenvalue weighted by molar-refractivity contribution is 6.09. The van der Waals surface area contributed by atoms with E-state index in [1.54, 1.807) is 17.0 Å². The zero-order chi connectivity index (χ0) is 20.0. The molecule has 0 unspecified atom stereocenters. The van der Waals surface area contributed by atoms with Crippen LogP contribution >= 0.6 is 0 Å². The molecule has 1 saturated heterocycles. The first-order chi connectivity index (χ1) is 14.1. The van der Waals surface area contributed by atoms with Gasteiger partial charge in [0.1, 0.15) is 18.0 Å². The maximum absolute atomic E-state index is 13.6. The van der Waals surface area contributed by atoms with Crippen LogP contribution in [0.4, 0.5) is 21.5 Å². The van der Waals surface area contributed by atoms with Crippen molar-refractivity contribution in [3.8, 4) is 0 Å². The number of hydrogen-bond acceptors (Lipinski definition) is 3. The number of fused-ring (bicyclic) bond motifs is 3. The molecule has 0 saturated carbocycles. The van der Waals surface area contributed by atoms with Gasteiger partial charge in [-0.25, -0.2) is 4.39 Å². The minimum Gasteiger partial charge on any atom is -0.333 e. The molecule has 0 bridgehead atoms. The van der Waals surface area contributed by atoms with E-state index in [2.05, 4.69) is 5.32 Å². The summed E-state index contributed by atoms with van der Waals surface area (Å²) in [5.74, 6) is -0.714. The fraction of sp³-hybridized carbons (Fsp3) is 0.130. The van der Waals surface area contributed by atoms with Gasteiger partial charge in [-0.1, -0.05) is 42.5 Å². The van der Waals surface area contributed by atoms with Gasteiger partial charge in [-0.3, -0.25) is 14.5 Å². The second kappa shape index (κ2) is 6.74. The Morgan fingerprint density at radius 1 is 0.862 bits per heavy atom. The molecule has 1 N–H and O–H groups in total. The van der Waals surface area contributed by atoms with Gasteiger partial charge in [0.05, 0.1) is 17.8 Å². The van der Waals surface area contributed by atoms with Gasteiger partial charge in [-0.05, 0) is 42.0 Å². The molecule has 2 aliphatic rings. The summed E-state index contributed by atoms with van der Waals surface area (Å²) in [5.41, 5.74) is 3.00. The maximum Gasteiger partial charge on any atom is 0.247 e. The lowest BCUT2D eigenvalue weighted by Gasteiger charge is -2.50. The summed E-state index contributed by atoms with van der Waals surface area (Å²) in [4.78, 5) is 29.7. The van der Waals surface area contributed by atoms with E-state index in [0.717, 1.165) is 16.9 Å². The molecule has 3 aromatic rings. The third-order valence-electron chi connectivity index (χ3n) is 5.43. The van der Waals surface area contributed by atoms with Crippen molar-refractivity contribution < 1.29 is 14.0 Å². The first-order valence-electron chi connectivity index (χ1n) is 9.44. The number of hydrogen-bond donors (Lipinski definition) is 1. The second-order valence-electron chi connectivity index (χ2n) is 7.16. The second-order valence-corrected chi connectivity index (χ2v) is 7.16. The molecular weight excluding hydrogens is 369 g/mol. The molecule has 5 nitrogen and oxygen atoms in total. The van der Waals surface area contributed by atoms with E-state index < -0.39 is 12.2 Å². The normalized spacial score (nSPS) is 20.7. The van der Waals surface area contributed by atoms with Gasteiger partial charge >= 0.3 is 0 Å². The predicted molar refractivity (Wildman–Crippen MR) is 109 cm³/mol. The lowest BCUT2D eigenvalue weighted by atomic mass is 9.95. The summed E-state index contributed by atoms with van der Waals surface area (Å²) >= 11 is 0. The number of rotatable bonds is 2. The lowest BCUT2D eigenvalue weighted by molar-refractivity contribution is -0.126. The van der Waals surface area contributed by atoms with Crippen LogP contribution in [0.3, 0.4) is 0 Å². The summed E-state index contributed by atoms with van der Waals surface area (Å²) in [6.07, 6.45) is -0.510. The first-order valence-corrected chi connectivity index (χ1v) is 9.44. The van der Waals surface area contributed by atoms with E-state index in [1.165, 1.54) is 12.1 Å². The zero-order valence-corrected chi connectivity index (χ0v) is 15.5. The number of nitrogens with one attached hydrogen (secondary N) is 1. The molecule has 2 amide bonds. The van der Waals surface area contributed by atoms with Crippen molar-refractivity contribution in [3.63, 3.8) is 0 Å². The predicted octanol–water partition coefficient (Wildman–Crippen LogP) is 4.09. The molecular formula is C23H18FN3O2. The van der Waals surface area contributed by atoms with Crippen LogP contribution in [0.2, 0.25) is 0 Å². The Kier molecular flexibility index (Phi) is 4.05. The van der Waals surface area contributed by atoms with Crippen LogP contribution < -0.4 is 15.1 Å². The Morgan fingerprint density at radius 2 is 1.55 bits per heavy atom. The van der Waals surface area contributed by atoms with Crippen molar-refractivity contribution in [2.45, 2.75) is 18.6 Å². The van der Waals surface area contributed by atoms with Crippen LogP contribution in [0.25, 0.3) is 0 Å². The number of carbonyl (C=O) groups excluding carboxylic acids is 2. The van der Waals surface area contributed by atoms with Crippen molar-refractivity contribution in [2.24, 2.45) is 0 Å². The highest BCUT2D eigenvalue weighted by atomic mass is 19.1. The van der Waals surface area contributed by atoms with E-state index >= 15 is 0 Å². The molecule has 2 atom stereocenters. The minimum absolute atomic E-state index is 0.0623. The Morgan fingerprint density at radius 3 is 2.31 bits per heavy atom. The van der Waals surface area contributed by atoms with E-state index in [1.807, 2.05) is 59.5 Å². The quantitative estimate of drug-likeness (QED) is 0.721. The summed E-state index contributed by atoms with van der Waals surface area (Å²) < 4.78 is 13.6. The average molecular weight is 387 g/mol. The summed E-state index contributed by atoms with van der Waals surface area (Å²) in [6, 6.07) is 22.3. The van der Waals surface area contributed by atoms with Crippen molar-refractivity contribution in [1.29, 1.82) is 0 Å². The molecule has 1 fully saturated rings. The number of halogens is 1. The topological polar surface area (TPSA) is 52.7 Å². The SMILES string of the molecule is O=C1Nc2ccccc2N2[C@@H]1CC(=O)N(c1ccccc1)[C@@H]2c1ccc(F)cc1. The maximum atomic E-state index is 13.6. The van der Waals surface area contributed by atoms with Gasteiger partial charge < -0.3 is 10.2 Å². The molecule has 5 rings (SSSR count). The molecule has 29 heavy (non-hydrogen) atoms. The van der Waals surface area contributed by atoms with Gasteiger partial charge in [0.2, 0.25) is 11.8 Å². The van der Waals surface area contributed by atoms with Gasteiger partial charge in [0, 0.05) is 5.69 Å². The van der Waals surface area contributed by atoms with Gasteiger partial charge in [-0.15, -0.1) is 0 Å². The lowest BCUT2D eigenvalue weighted by Crippen LogP contribution is -2.61. The fourth-order valence-electron chi connectivity index (χ4n) is 4.15. The number of benzene rings is 3. The third kappa shape index (κ3) is 2.84. The summed E-state index contributed by atoms with van der Waals surface area (Å²) in [5, 5.41) is 2.90. The Bertz CT molecular complexity index is 1080. The highest BCUT2D eigenvalue weighted by Gasteiger charge is 2.47. The number of para-hydroxylation sites is 3. The van der Waals surface area contributed by atoms with Crippen molar-refractivity contribution in [1.82, 2.24) is 0 Å². The minimum atomic E-state index is -0.632. The molecule has 6 heteroatoms. The van der Waals surface area contributed by atoms with Gasteiger partial charge in [-0.2, -0.15) is 0 Å². The molecule has 0 spiro atoms. The van der Waals surface area contributed by atoms with Crippen LogP contribution in [0, 0.1) is 5.82 Å². The summed E-state index contributed by atoms with van der Waals surface area (Å²) in [7, 11) is 0. The van der Waals surface area contributed by atoms with Gasteiger partial charge in [0.25, 0.3) is 0 Å². The van der Waals surface area contributed by atoms with E-state index in [0.29, 0.717) is 5.69 Å². The highest BCUT2D eigenvalue weighted by Crippen LogP contribution is 2.44. The summed E-state index contributed by atoms with van der Waals surface area (Å²) in [6.45, 7) is 0. The molecule has 0 radical (unpaired) electrons. The molecule has 0 aromatic heterocycles.